The van der Waals surface area contributed by atoms with E-state index in [-0.39, 0.29) is 18.4 Å². The minimum absolute atomic E-state index is 0.200. The summed E-state index contributed by atoms with van der Waals surface area (Å²) in [4.78, 5) is 14.0. The number of rotatable bonds is 7. The third kappa shape index (κ3) is 3.45. The number of thiophene rings is 1. The van der Waals surface area contributed by atoms with Crippen molar-refractivity contribution in [3.63, 3.8) is 0 Å². The van der Waals surface area contributed by atoms with Crippen LogP contribution in [0, 0.1) is 5.92 Å². The lowest BCUT2D eigenvalue weighted by atomic mass is 9.95. The summed E-state index contributed by atoms with van der Waals surface area (Å²) >= 11 is 1.53. The van der Waals surface area contributed by atoms with Crippen LogP contribution in [0.4, 0.5) is 0 Å². The van der Waals surface area contributed by atoms with Gasteiger partial charge in [-0.2, -0.15) is 0 Å². The summed E-state index contributed by atoms with van der Waals surface area (Å²) < 4.78 is 5.71. The van der Waals surface area contributed by atoms with E-state index in [9.17, 15) is 9.90 Å². The van der Waals surface area contributed by atoms with Crippen molar-refractivity contribution in [1.29, 1.82) is 0 Å². The van der Waals surface area contributed by atoms with Gasteiger partial charge in [-0.3, -0.25) is 4.79 Å². The lowest BCUT2D eigenvalue weighted by molar-refractivity contribution is 0.0169. The molecule has 2 aromatic carbocycles. The lowest BCUT2D eigenvalue weighted by Crippen LogP contribution is -2.42. The number of benzene rings is 2. The SMILES string of the molecule is CCOc1ccc2ccccc2c1C(=O)NCC(O)(c1cccs1)C1CC1. The standard InChI is InChI=1S/C22H23NO3S/c1-2-26-18-12-9-15-6-3-4-7-17(15)20(18)21(24)23-14-22(25,16-10-11-16)19-8-5-13-27-19/h3-9,12-13,16,25H,2,10-11,14H2,1H3,(H,23,24). The fourth-order valence-electron chi connectivity index (χ4n) is 3.58. The third-order valence-electron chi connectivity index (χ3n) is 5.14. The van der Waals surface area contributed by atoms with Crippen LogP contribution in [-0.4, -0.2) is 24.2 Å². The fourth-order valence-corrected chi connectivity index (χ4v) is 4.49. The van der Waals surface area contributed by atoms with E-state index in [0.717, 1.165) is 28.5 Å². The second kappa shape index (κ2) is 7.33. The molecule has 1 aromatic heterocycles. The summed E-state index contributed by atoms with van der Waals surface area (Å²) in [6, 6.07) is 15.5. The molecular formula is C22H23NO3S. The first kappa shape index (κ1) is 18.0. The molecule has 0 radical (unpaired) electrons. The summed E-state index contributed by atoms with van der Waals surface area (Å²) in [5.74, 6) is 0.556. The summed E-state index contributed by atoms with van der Waals surface area (Å²) in [5, 5.41) is 18.0. The molecular weight excluding hydrogens is 358 g/mol. The van der Waals surface area contributed by atoms with Gasteiger partial charge in [-0.15, -0.1) is 11.3 Å². The predicted molar refractivity (Wildman–Crippen MR) is 108 cm³/mol. The molecule has 0 saturated heterocycles. The van der Waals surface area contributed by atoms with Crippen molar-refractivity contribution < 1.29 is 14.6 Å². The monoisotopic (exact) mass is 381 g/mol. The lowest BCUT2D eigenvalue weighted by Gasteiger charge is -2.27. The van der Waals surface area contributed by atoms with Crippen LogP contribution in [0.15, 0.2) is 53.9 Å². The number of aliphatic hydroxyl groups is 1. The molecule has 1 unspecified atom stereocenters. The zero-order valence-electron chi connectivity index (χ0n) is 15.3. The molecule has 2 N–H and O–H groups in total. The molecule has 1 aliphatic carbocycles. The molecule has 1 aliphatic rings. The minimum Gasteiger partial charge on any atom is -0.493 e. The van der Waals surface area contributed by atoms with Gasteiger partial charge in [0.05, 0.1) is 18.7 Å². The maximum Gasteiger partial charge on any atom is 0.255 e. The van der Waals surface area contributed by atoms with Crippen LogP contribution in [0.2, 0.25) is 0 Å². The molecule has 140 valence electrons. The van der Waals surface area contributed by atoms with Crippen molar-refractivity contribution in [2.45, 2.75) is 25.4 Å². The van der Waals surface area contributed by atoms with Gasteiger partial charge in [0.2, 0.25) is 0 Å². The highest BCUT2D eigenvalue weighted by Gasteiger charge is 2.46. The van der Waals surface area contributed by atoms with Gasteiger partial charge in [0, 0.05) is 4.88 Å². The number of amides is 1. The summed E-state index contributed by atoms with van der Waals surface area (Å²) in [5.41, 5.74) is -0.473. The first-order valence-corrected chi connectivity index (χ1v) is 10.2. The smallest absolute Gasteiger partial charge is 0.255 e. The Morgan fingerprint density at radius 1 is 1.22 bits per heavy atom. The van der Waals surface area contributed by atoms with Gasteiger partial charge < -0.3 is 15.2 Å². The number of fused-ring (bicyclic) bond motifs is 1. The maximum atomic E-state index is 13.1. The van der Waals surface area contributed by atoms with Crippen molar-refractivity contribution in [2.24, 2.45) is 5.92 Å². The predicted octanol–water partition coefficient (Wildman–Crippen LogP) is 4.33. The highest BCUT2D eigenvalue weighted by Crippen LogP contribution is 2.46. The Morgan fingerprint density at radius 2 is 2.04 bits per heavy atom. The molecule has 1 atom stereocenters. The molecule has 3 aromatic rings. The van der Waals surface area contributed by atoms with Gasteiger partial charge in [0.25, 0.3) is 5.91 Å². The summed E-state index contributed by atoms with van der Waals surface area (Å²) in [6.07, 6.45) is 1.98. The topological polar surface area (TPSA) is 58.6 Å². The first-order chi connectivity index (χ1) is 13.1. The number of hydrogen-bond acceptors (Lipinski definition) is 4. The average molecular weight is 381 g/mol. The van der Waals surface area contributed by atoms with E-state index >= 15 is 0 Å². The van der Waals surface area contributed by atoms with E-state index < -0.39 is 5.60 Å². The van der Waals surface area contributed by atoms with Crippen molar-refractivity contribution in [1.82, 2.24) is 5.32 Å². The van der Waals surface area contributed by atoms with Crippen molar-refractivity contribution in [3.05, 3.63) is 64.4 Å². The molecule has 4 rings (SSSR count). The van der Waals surface area contributed by atoms with Gasteiger partial charge in [-0.1, -0.05) is 36.4 Å². The number of ether oxygens (including phenoxy) is 1. The van der Waals surface area contributed by atoms with E-state index in [1.165, 1.54) is 11.3 Å². The second-order valence-corrected chi connectivity index (χ2v) is 7.90. The normalized spacial score (nSPS) is 16.1. The summed E-state index contributed by atoms with van der Waals surface area (Å²) in [6.45, 7) is 2.59. The Bertz CT molecular complexity index is 949. The number of carbonyl (C=O) groups is 1. The van der Waals surface area contributed by atoms with E-state index in [1.807, 2.05) is 60.8 Å². The number of carbonyl (C=O) groups excluding carboxylic acids is 1. The summed E-state index contributed by atoms with van der Waals surface area (Å²) in [7, 11) is 0. The first-order valence-electron chi connectivity index (χ1n) is 9.32. The Kier molecular flexibility index (Phi) is 4.89. The molecule has 4 nitrogen and oxygen atoms in total. The molecule has 5 heteroatoms. The van der Waals surface area contributed by atoms with Crippen LogP contribution in [0.25, 0.3) is 10.8 Å². The van der Waals surface area contributed by atoms with Gasteiger partial charge in [0.1, 0.15) is 11.4 Å². The fraction of sp³-hybridized carbons (Fsp3) is 0.318. The van der Waals surface area contributed by atoms with Crippen LogP contribution < -0.4 is 10.1 Å². The van der Waals surface area contributed by atoms with Crippen LogP contribution in [0.5, 0.6) is 5.75 Å². The molecule has 1 fully saturated rings. The number of nitrogens with one attached hydrogen (secondary N) is 1. The second-order valence-electron chi connectivity index (χ2n) is 6.95. The van der Waals surface area contributed by atoms with Gasteiger partial charge in [0.15, 0.2) is 0 Å². The van der Waals surface area contributed by atoms with Gasteiger partial charge in [-0.05, 0) is 54.0 Å². The molecule has 1 amide bonds. The highest BCUT2D eigenvalue weighted by molar-refractivity contribution is 7.10. The Balaban J connectivity index is 1.64. The number of hydrogen-bond donors (Lipinski definition) is 2. The van der Waals surface area contributed by atoms with E-state index in [0.29, 0.717) is 17.9 Å². The average Bonchev–Trinajstić information content (AvgIpc) is 3.40. The molecule has 0 spiro atoms. The zero-order chi connectivity index (χ0) is 18.9. The van der Waals surface area contributed by atoms with Crippen molar-refractivity contribution >= 4 is 28.0 Å². The molecule has 1 heterocycles. The third-order valence-corrected chi connectivity index (χ3v) is 6.17. The Morgan fingerprint density at radius 3 is 2.74 bits per heavy atom. The van der Waals surface area contributed by atoms with Gasteiger partial charge >= 0.3 is 0 Å². The molecule has 27 heavy (non-hydrogen) atoms. The molecule has 1 saturated carbocycles. The highest BCUT2D eigenvalue weighted by atomic mass is 32.1. The van der Waals surface area contributed by atoms with Crippen LogP contribution in [-0.2, 0) is 5.60 Å². The zero-order valence-corrected chi connectivity index (χ0v) is 16.1. The molecule has 0 aliphatic heterocycles. The molecule has 0 bridgehead atoms. The Labute approximate surface area is 162 Å². The van der Waals surface area contributed by atoms with E-state index in [2.05, 4.69) is 5.32 Å². The Hall–Kier alpha value is -2.37. The van der Waals surface area contributed by atoms with Crippen LogP contribution in [0.1, 0.15) is 35.0 Å². The largest absolute Gasteiger partial charge is 0.493 e. The van der Waals surface area contributed by atoms with Crippen molar-refractivity contribution in [2.75, 3.05) is 13.2 Å². The minimum atomic E-state index is -1.000. The van der Waals surface area contributed by atoms with Crippen LogP contribution in [0.3, 0.4) is 0 Å². The van der Waals surface area contributed by atoms with E-state index in [1.54, 1.807) is 0 Å². The maximum absolute atomic E-state index is 13.1. The quantitative estimate of drug-likeness (QED) is 0.640. The van der Waals surface area contributed by atoms with Crippen molar-refractivity contribution in [3.8, 4) is 5.75 Å². The van der Waals surface area contributed by atoms with E-state index in [4.69, 9.17) is 4.74 Å². The van der Waals surface area contributed by atoms with Gasteiger partial charge in [-0.25, -0.2) is 0 Å². The van der Waals surface area contributed by atoms with Crippen LogP contribution >= 0.6 is 11.3 Å².